The molecule has 0 aliphatic carbocycles. The lowest BCUT2D eigenvalue weighted by molar-refractivity contribution is 0.187. The molecule has 0 spiro atoms. The summed E-state index contributed by atoms with van der Waals surface area (Å²) in [6, 6.07) is 0. The number of ether oxygens (including phenoxy) is 1. The Bertz CT molecular complexity index is 506. The number of allylic oxidation sites excluding steroid dienone is 2. The summed E-state index contributed by atoms with van der Waals surface area (Å²) in [6.45, 7) is 8.76. The van der Waals surface area contributed by atoms with Crippen LogP contribution in [0.2, 0.25) is 0 Å². The zero-order valence-electron chi connectivity index (χ0n) is 17.1. The minimum Gasteiger partial charge on any atom is -0.481 e. The number of unbranched alkanes of at least 4 members (excludes halogenated alkanes) is 2. The molecule has 0 bridgehead atoms. The van der Waals surface area contributed by atoms with E-state index in [4.69, 9.17) is 4.74 Å². The average molecular weight is 387 g/mol. The Balaban J connectivity index is 3.09. The van der Waals surface area contributed by atoms with E-state index in [9.17, 15) is 14.4 Å². The highest BCUT2D eigenvalue weighted by molar-refractivity contribution is 7.52. The Hall–Kier alpha value is -0.570. The van der Waals surface area contributed by atoms with Crippen molar-refractivity contribution >= 4 is 7.60 Å². The third-order valence-electron chi connectivity index (χ3n) is 5.60. The zero-order chi connectivity index (χ0) is 19.6. The lowest BCUT2D eigenvalue weighted by atomic mass is 9.85. The van der Waals surface area contributed by atoms with Crippen molar-refractivity contribution in [1.29, 1.82) is 0 Å². The number of hydrogen-bond donors (Lipinski definition) is 2. The quantitative estimate of drug-likeness (QED) is 0.353. The van der Waals surface area contributed by atoms with Gasteiger partial charge in [-0.05, 0) is 41.9 Å². The molecule has 26 heavy (non-hydrogen) atoms. The monoisotopic (exact) mass is 386 g/mol. The fraction of sp³-hybridized carbons (Fsp3) is 0.810. The van der Waals surface area contributed by atoms with Gasteiger partial charge in [-0.2, -0.15) is 0 Å². The Labute approximate surface area is 160 Å². The van der Waals surface area contributed by atoms with E-state index in [0.717, 1.165) is 56.1 Å². The van der Waals surface area contributed by atoms with Gasteiger partial charge in [-0.1, -0.05) is 79.1 Å². The summed E-state index contributed by atoms with van der Waals surface area (Å²) in [5.41, 5.74) is 1.95. The molecule has 2 N–H and O–H groups in total. The molecule has 3 atom stereocenters. The molecule has 5 heteroatoms. The van der Waals surface area contributed by atoms with Crippen molar-refractivity contribution in [3.63, 3.8) is 0 Å². The third kappa shape index (κ3) is 7.58. The minimum atomic E-state index is -4.33. The van der Waals surface area contributed by atoms with E-state index in [0.29, 0.717) is 11.8 Å². The second-order valence-corrected chi connectivity index (χ2v) is 9.32. The van der Waals surface area contributed by atoms with E-state index >= 15 is 0 Å². The van der Waals surface area contributed by atoms with Crippen molar-refractivity contribution in [3.8, 4) is 0 Å². The van der Waals surface area contributed by atoms with Crippen molar-refractivity contribution < 1.29 is 19.1 Å². The molecule has 0 fully saturated rings. The lowest BCUT2D eigenvalue weighted by Crippen LogP contribution is -2.21. The van der Waals surface area contributed by atoms with Gasteiger partial charge in [0.15, 0.2) is 0 Å². The van der Waals surface area contributed by atoms with E-state index in [1.807, 2.05) is 6.08 Å². The molecule has 3 unspecified atom stereocenters. The van der Waals surface area contributed by atoms with Crippen LogP contribution in [0.4, 0.5) is 0 Å². The van der Waals surface area contributed by atoms with Crippen LogP contribution in [0.15, 0.2) is 23.5 Å². The molecule has 0 aromatic rings. The first-order valence-electron chi connectivity index (χ1n) is 10.5. The van der Waals surface area contributed by atoms with E-state index < -0.39 is 13.4 Å². The highest BCUT2D eigenvalue weighted by Crippen LogP contribution is 2.50. The Morgan fingerprint density at radius 2 is 1.54 bits per heavy atom. The molecule has 1 heterocycles. The molecule has 0 aromatic carbocycles. The highest BCUT2D eigenvalue weighted by Gasteiger charge is 2.37. The topological polar surface area (TPSA) is 66.8 Å². The highest BCUT2D eigenvalue weighted by atomic mass is 31.2. The molecule has 152 valence electrons. The van der Waals surface area contributed by atoms with Crippen LogP contribution >= 0.6 is 7.60 Å². The Morgan fingerprint density at radius 3 is 2.00 bits per heavy atom. The van der Waals surface area contributed by atoms with Crippen molar-refractivity contribution in [2.75, 3.05) is 0 Å². The fourth-order valence-electron chi connectivity index (χ4n) is 3.77. The normalized spacial score (nSPS) is 20.2. The molecular formula is C21H39O4P. The third-order valence-corrected chi connectivity index (χ3v) is 6.64. The smallest absolute Gasteiger partial charge is 0.369 e. The van der Waals surface area contributed by atoms with Gasteiger partial charge in [0, 0.05) is 0 Å². The number of hydrogen-bond acceptors (Lipinski definition) is 2. The van der Waals surface area contributed by atoms with Crippen LogP contribution in [-0.4, -0.2) is 15.6 Å². The second kappa shape index (κ2) is 12.0. The van der Waals surface area contributed by atoms with Crippen LogP contribution in [0, 0.1) is 11.8 Å². The number of rotatable bonds is 13. The molecular weight excluding hydrogens is 347 g/mol. The van der Waals surface area contributed by atoms with Gasteiger partial charge < -0.3 is 14.5 Å². The molecule has 1 rings (SSSR count). The van der Waals surface area contributed by atoms with E-state index in [1.54, 1.807) is 0 Å². The molecule has 4 nitrogen and oxygen atoms in total. The van der Waals surface area contributed by atoms with E-state index in [1.165, 1.54) is 25.5 Å². The van der Waals surface area contributed by atoms with Crippen LogP contribution in [0.3, 0.4) is 0 Å². The zero-order valence-corrected chi connectivity index (χ0v) is 18.0. The summed E-state index contributed by atoms with van der Waals surface area (Å²) in [7, 11) is -4.33. The maximum atomic E-state index is 12.1. The van der Waals surface area contributed by atoms with Crippen LogP contribution in [0.5, 0.6) is 0 Å². The predicted molar refractivity (Wildman–Crippen MR) is 109 cm³/mol. The van der Waals surface area contributed by atoms with Gasteiger partial charge in [0.05, 0.1) is 6.26 Å². The molecule has 0 radical (unpaired) electrons. The summed E-state index contributed by atoms with van der Waals surface area (Å²) in [5.74, 6) is -0.0717. The second-order valence-electron chi connectivity index (χ2n) is 7.67. The van der Waals surface area contributed by atoms with Crippen LogP contribution in [0.1, 0.15) is 91.9 Å². The molecule has 0 saturated carbocycles. The Kier molecular flexibility index (Phi) is 10.8. The summed E-state index contributed by atoms with van der Waals surface area (Å²) in [5, 5.41) is 0. The lowest BCUT2D eigenvalue weighted by Gasteiger charge is -2.30. The van der Waals surface area contributed by atoms with E-state index in [2.05, 4.69) is 27.7 Å². The Morgan fingerprint density at radius 1 is 1.00 bits per heavy atom. The van der Waals surface area contributed by atoms with Crippen molar-refractivity contribution in [2.45, 2.75) is 97.7 Å². The summed E-state index contributed by atoms with van der Waals surface area (Å²) in [4.78, 5) is 19.7. The van der Waals surface area contributed by atoms with Crippen LogP contribution < -0.4 is 0 Å². The van der Waals surface area contributed by atoms with Crippen molar-refractivity contribution in [1.82, 2.24) is 0 Å². The standard InChI is InChI=1S/C21H39O4P/c1-5-9-11-17(7-3)15-19-13-14-25-21(26(22,23)24)20(19)16-18(8-4)12-10-6-2/h13-14,17-18,21H,5-12,15-16H2,1-4H3,(H2,22,23,24). The SMILES string of the molecule is CCCCC(CC)CC1=C(CC(CC)CCCC)C(P(=O)(O)O)OC=C1. The van der Waals surface area contributed by atoms with Crippen molar-refractivity contribution in [2.24, 2.45) is 11.8 Å². The first kappa shape index (κ1) is 23.5. The van der Waals surface area contributed by atoms with Gasteiger partial charge in [0.1, 0.15) is 0 Å². The summed E-state index contributed by atoms with van der Waals surface area (Å²) in [6.07, 6.45) is 14.2. The van der Waals surface area contributed by atoms with Gasteiger partial charge in [0.2, 0.25) is 5.85 Å². The van der Waals surface area contributed by atoms with Gasteiger partial charge >= 0.3 is 7.60 Å². The van der Waals surface area contributed by atoms with Crippen molar-refractivity contribution in [3.05, 3.63) is 23.5 Å². The van der Waals surface area contributed by atoms with Gasteiger partial charge in [-0.3, -0.25) is 4.57 Å². The average Bonchev–Trinajstić information content (AvgIpc) is 2.61. The largest absolute Gasteiger partial charge is 0.481 e. The molecule has 1 aliphatic heterocycles. The fourth-order valence-corrected chi connectivity index (χ4v) is 4.67. The molecule has 1 aliphatic rings. The van der Waals surface area contributed by atoms with Gasteiger partial charge in [-0.25, -0.2) is 0 Å². The van der Waals surface area contributed by atoms with E-state index in [-0.39, 0.29) is 0 Å². The maximum Gasteiger partial charge on any atom is 0.369 e. The first-order valence-corrected chi connectivity index (χ1v) is 12.1. The van der Waals surface area contributed by atoms with Gasteiger partial charge in [-0.15, -0.1) is 0 Å². The molecule has 0 amide bonds. The summed E-state index contributed by atoms with van der Waals surface area (Å²) < 4.78 is 17.5. The van der Waals surface area contributed by atoms with Crippen LogP contribution in [-0.2, 0) is 9.30 Å². The predicted octanol–water partition coefficient (Wildman–Crippen LogP) is 6.54. The molecule has 0 aromatic heterocycles. The van der Waals surface area contributed by atoms with Crippen LogP contribution in [0.25, 0.3) is 0 Å². The molecule has 0 saturated heterocycles. The minimum absolute atomic E-state index is 0.458. The summed E-state index contributed by atoms with van der Waals surface area (Å²) >= 11 is 0. The maximum absolute atomic E-state index is 12.1. The van der Waals surface area contributed by atoms with Gasteiger partial charge in [0.25, 0.3) is 0 Å². The first-order chi connectivity index (χ1) is 12.4.